The molecule has 0 saturated carbocycles. The molecule has 1 aromatic carbocycles. The Balaban J connectivity index is 1.81. The average Bonchev–Trinajstić information content (AvgIpc) is 2.68. The van der Waals surface area contributed by atoms with Crippen molar-refractivity contribution in [3.8, 4) is 0 Å². The average molecular weight is 400 g/mol. The predicted octanol–water partition coefficient (Wildman–Crippen LogP) is 2.12. The first-order valence-corrected chi connectivity index (χ1v) is 9.22. The summed E-state index contributed by atoms with van der Waals surface area (Å²) in [6, 6.07) is 6.07. The number of hydrogen-bond acceptors (Lipinski definition) is 7. The maximum absolute atomic E-state index is 14.1. The molecular formula is C20H25FN6O2. The van der Waals surface area contributed by atoms with Gasteiger partial charge in [0.15, 0.2) is 0 Å². The number of anilines is 3. The number of pyridine rings is 1. The van der Waals surface area contributed by atoms with Crippen LogP contribution in [0, 0.1) is 12.7 Å². The van der Waals surface area contributed by atoms with Gasteiger partial charge in [-0.1, -0.05) is 0 Å². The zero-order valence-electron chi connectivity index (χ0n) is 16.5. The van der Waals surface area contributed by atoms with Gasteiger partial charge in [-0.25, -0.2) is 10.2 Å². The molecule has 1 aromatic heterocycles. The molecule has 0 atom stereocenters. The number of rotatable bonds is 5. The lowest BCUT2D eigenvalue weighted by Gasteiger charge is -2.29. The number of hydrazine groups is 1. The molecule has 29 heavy (non-hydrogen) atoms. The number of nitrogens with two attached hydrogens (primary N) is 2. The van der Waals surface area contributed by atoms with Gasteiger partial charge in [0.2, 0.25) is 0 Å². The van der Waals surface area contributed by atoms with Crippen molar-refractivity contribution >= 4 is 23.0 Å². The third-order valence-electron chi connectivity index (χ3n) is 4.46. The summed E-state index contributed by atoms with van der Waals surface area (Å²) in [6.45, 7) is 5.99. The number of morpholine rings is 1. The van der Waals surface area contributed by atoms with Crippen LogP contribution in [0.5, 0.6) is 0 Å². The number of amides is 1. The Kier molecular flexibility index (Phi) is 6.30. The van der Waals surface area contributed by atoms with E-state index in [4.69, 9.17) is 16.3 Å². The maximum Gasteiger partial charge on any atom is 0.257 e. The van der Waals surface area contributed by atoms with E-state index in [-0.39, 0.29) is 0 Å². The third-order valence-corrected chi connectivity index (χ3v) is 4.46. The number of aryl methyl sites for hydroxylation is 1. The molecule has 9 heteroatoms. The number of halogens is 1. The molecule has 8 nitrogen and oxygen atoms in total. The van der Waals surface area contributed by atoms with Crippen LogP contribution >= 0.6 is 0 Å². The molecule has 0 bridgehead atoms. The first kappa shape index (κ1) is 20.6. The van der Waals surface area contributed by atoms with Crippen LogP contribution in [0.1, 0.15) is 23.0 Å². The molecule has 2 heterocycles. The second-order valence-electron chi connectivity index (χ2n) is 6.86. The Morgan fingerprint density at radius 3 is 2.72 bits per heavy atom. The number of benzene rings is 1. The van der Waals surface area contributed by atoms with Gasteiger partial charge in [0, 0.05) is 42.6 Å². The largest absolute Gasteiger partial charge is 0.401 e. The van der Waals surface area contributed by atoms with Crippen LogP contribution in [0.15, 0.2) is 42.4 Å². The molecule has 5 N–H and O–H groups in total. The monoisotopic (exact) mass is 400 g/mol. The summed E-state index contributed by atoms with van der Waals surface area (Å²) in [5.74, 6) is 5.14. The minimum absolute atomic E-state index is 0.293. The SMILES string of the molecule is C/C(N)=C/N(N)c1cc(C(=O)Nc2cc(F)cc(N3CCOCC3)c2)cnc1C. The predicted molar refractivity (Wildman–Crippen MR) is 111 cm³/mol. The second kappa shape index (κ2) is 8.89. The lowest BCUT2D eigenvalue weighted by Crippen LogP contribution is -2.36. The first-order chi connectivity index (χ1) is 13.8. The maximum atomic E-state index is 14.1. The van der Waals surface area contributed by atoms with Gasteiger partial charge in [0.05, 0.1) is 30.2 Å². The highest BCUT2D eigenvalue weighted by molar-refractivity contribution is 6.04. The van der Waals surface area contributed by atoms with Crippen molar-refractivity contribution < 1.29 is 13.9 Å². The molecule has 154 valence electrons. The van der Waals surface area contributed by atoms with Crippen LogP contribution in [-0.2, 0) is 4.74 Å². The summed E-state index contributed by atoms with van der Waals surface area (Å²) in [5.41, 5.74) is 8.70. The standard InChI is InChI=1S/C20H25FN6O2/c1-13(22)12-27(23)19-7-15(11-24-14(19)2)20(28)25-17-8-16(21)9-18(10-17)26-3-5-29-6-4-26/h7-12H,3-6,22-23H2,1-2H3,(H,25,28)/b13-12-. The molecule has 0 aliphatic carbocycles. The Bertz CT molecular complexity index is 923. The molecule has 0 spiro atoms. The molecular weight excluding hydrogens is 375 g/mol. The van der Waals surface area contributed by atoms with Crippen molar-refractivity contribution in [1.29, 1.82) is 0 Å². The van der Waals surface area contributed by atoms with E-state index >= 15 is 0 Å². The van der Waals surface area contributed by atoms with Gasteiger partial charge in [0.25, 0.3) is 5.91 Å². The fraction of sp³-hybridized carbons (Fsp3) is 0.300. The van der Waals surface area contributed by atoms with Gasteiger partial charge in [-0.05, 0) is 38.1 Å². The summed E-state index contributed by atoms with van der Waals surface area (Å²) in [6.07, 6.45) is 2.98. The van der Waals surface area contributed by atoms with Crippen molar-refractivity contribution in [1.82, 2.24) is 4.98 Å². The number of nitrogens with one attached hydrogen (secondary N) is 1. The van der Waals surface area contributed by atoms with Crippen LogP contribution < -0.4 is 26.8 Å². The van der Waals surface area contributed by atoms with Crippen LogP contribution in [-0.4, -0.2) is 37.2 Å². The van der Waals surface area contributed by atoms with E-state index in [1.165, 1.54) is 29.5 Å². The van der Waals surface area contributed by atoms with Crippen molar-refractivity contribution in [3.63, 3.8) is 0 Å². The number of nitrogens with zero attached hydrogens (tertiary/aromatic N) is 3. The van der Waals surface area contributed by atoms with Crippen molar-refractivity contribution in [2.45, 2.75) is 13.8 Å². The van der Waals surface area contributed by atoms with E-state index in [9.17, 15) is 9.18 Å². The molecule has 0 unspecified atom stereocenters. The summed E-state index contributed by atoms with van der Waals surface area (Å²) in [4.78, 5) is 19.0. The quantitative estimate of drug-likeness (QED) is 0.521. The molecule has 1 amide bonds. The van der Waals surface area contributed by atoms with E-state index in [1.54, 1.807) is 26.0 Å². The Labute approximate surface area is 168 Å². The van der Waals surface area contributed by atoms with E-state index < -0.39 is 11.7 Å². The number of carbonyl (C=O) groups is 1. The lowest BCUT2D eigenvalue weighted by molar-refractivity contribution is 0.102. The van der Waals surface area contributed by atoms with Crippen LogP contribution in [0.25, 0.3) is 0 Å². The van der Waals surface area contributed by atoms with E-state index in [1.807, 2.05) is 4.90 Å². The van der Waals surface area contributed by atoms with Gasteiger partial charge in [-0.15, -0.1) is 0 Å². The minimum atomic E-state index is -0.427. The molecule has 1 saturated heterocycles. The second-order valence-corrected chi connectivity index (χ2v) is 6.86. The molecule has 2 aromatic rings. The smallest absolute Gasteiger partial charge is 0.257 e. The van der Waals surface area contributed by atoms with Gasteiger partial charge >= 0.3 is 0 Å². The number of carbonyl (C=O) groups excluding carboxylic acids is 1. The third kappa shape index (κ3) is 5.21. The number of hydrogen-bond donors (Lipinski definition) is 3. The lowest BCUT2D eigenvalue weighted by atomic mass is 10.2. The van der Waals surface area contributed by atoms with Gasteiger partial charge in [-0.3, -0.25) is 14.8 Å². The van der Waals surface area contributed by atoms with E-state index in [0.29, 0.717) is 60.3 Å². The highest BCUT2D eigenvalue weighted by atomic mass is 19.1. The van der Waals surface area contributed by atoms with E-state index in [0.717, 1.165) is 0 Å². The van der Waals surface area contributed by atoms with Crippen molar-refractivity contribution in [2.24, 2.45) is 11.6 Å². The first-order valence-electron chi connectivity index (χ1n) is 9.22. The summed E-state index contributed by atoms with van der Waals surface area (Å²) in [7, 11) is 0. The molecule has 1 aliphatic rings. The summed E-state index contributed by atoms with van der Waals surface area (Å²) in [5, 5.41) is 4.04. The molecule has 1 aliphatic heterocycles. The zero-order valence-corrected chi connectivity index (χ0v) is 16.5. The van der Waals surface area contributed by atoms with Crippen LogP contribution in [0.4, 0.5) is 21.5 Å². The van der Waals surface area contributed by atoms with Crippen LogP contribution in [0.2, 0.25) is 0 Å². The summed E-state index contributed by atoms with van der Waals surface area (Å²) < 4.78 is 19.4. The fourth-order valence-electron chi connectivity index (χ4n) is 3.05. The highest BCUT2D eigenvalue weighted by Crippen LogP contribution is 2.24. The van der Waals surface area contributed by atoms with Gasteiger partial charge in [0.1, 0.15) is 5.82 Å². The van der Waals surface area contributed by atoms with Gasteiger partial charge in [-0.2, -0.15) is 0 Å². The topological polar surface area (TPSA) is 110 Å². The Hall–Kier alpha value is -3.17. The van der Waals surface area contributed by atoms with Crippen molar-refractivity contribution in [3.05, 3.63) is 59.4 Å². The van der Waals surface area contributed by atoms with Crippen LogP contribution in [0.3, 0.4) is 0 Å². The Morgan fingerprint density at radius 1 is 1.31 bits per heavy atom. The number of aromatic nitrogens is 1. The zero-order chi connectivity index (χ0) is 21.0. The molecule has 1 fully saturated rings. The van der Waals surface area contributed by atoms with E-state index in [2.05, 4.69) is 10.3 Å². The van der Waals surface area contributed by atoms with Gasteiger partial charge < -0.3 is 20.7 Å². The fourth-order valence-corrected chi connectivity index (χ4v) is 3.05. The number of allylic oxidation sites excluding steroid dienone is 1. The summed E-state index contributed by atoms with van der Waals surface area (Å²) >= 11 is 0. The minimum Gasteiger partial charge on any atom is -0.401 e. The highest BCUT2D eigenvalue weighted by Gasteiger charge is 2.16. The normalized spacial score (nSPS) is 14.6. The molecule has 3 rings (SSSR count). The van der Waals surface area contributed by atoms with Crippen molar-refractivity contribution in [2.75, 3.05) is 41.5 Å². The number of ether oxygens (including phenoxy) is 1. The molecule has 0 radical (unpaired) electrons. The Morgan fingerprint density at radius 2 is 2.03 bits per heavy atom.